The van der Waals surface area contributed by atoms with Crippen LogP contribution in [0.15, 0.2) is 12.3 Å². The molecule has 1 unspecified atom stereocenters. The molecule has 0 aliphatic heterocycles. The molecular formula is C9H8IN2O3P. The summed E-state index contributed by atoms with van der Waals surface area (Å²) in [5.41, 5.74) is 1.22. The van der Waals surface area contributed by atoms with Crippen molar-refractivity contribution in [3.63, 3.8) is 0 Å². The zero-order valence-electron chi connectivity index (χ0n) is 8.23. The fraction of sp³-hybridized carbons (Fsp3) is 0.111. The zero-order chi connectivity index (χ0) is 11.9. The summed E-state index contributed by atoms with van der Waals surface area (Å²) in [5.74, 6) is -0.932. The molecule has 5 nitrogen and oxygen atoms in total. The number of carbonyl (C=O) groups is 1. The van der Waals surface area contributed by atoms with Crippen LogP contribution in [0.5, 0.6) is 5.75 Å². The van der Waals surface area contributed by atoms with Gasteiger partial charge in [-0.2, -0.15) is 5.10 Å². The Morgan fingerprint density at radius 3 is 2.88 bits per heavy atom. The lowest BCUT2D eigenvalue weighted by Gasteiger charge is -2.05. The van der Waals surface area contributed by atoms with Gasteiger partial charge >= 0.3 is 5.97 Å². The van der Waals surface area contributed by atoms with Crippen molar-refractivity contribution in [2.24, 2.45) is 0 Å². The van der Waals surface area contributed by atoms with E-state index < -0.39 is 5.97 Å². The number of phenols is 1. The number of fused-ring (bicyclic) bond motifs is 1. The normalized spacial score (nSPS) is 11.6. The Balaban J connectivity index is 2.92. The number of halogens is 1. The number of rotatable bonds is 2. The highest BCUT2D eigenvalue weighted by Gasteiger charge is 2.18. The van der Waals surface area contributed by atoms with Crippen molar-refractivity contribution >= 4 is 45.3 Å². The largest absolute Gasteiger partial charge is 0.506 e. The highest BCUT2D eigenvalue weighted by atomic mass is 127. The van der Waals surface area contributed by atoms with Crippen LogP contribution in [0.25, 0.3) is 10.9 Å². The predicted octanol–water partition coefficient (Wildman–Crippen LogP) is 2.54. The lowest BCUT2D eigenvalue weighted by atomic mass is 10.0. The van der Waals surface area contributed by atoms with E-state index in [0.29, 0.717) is 22.8 Å². The summed E-state index contributed by atoms with van der Waals surface area (Å²) < 4.78 is 1.59. The summed E-state index contributed by atoms with van der Waals surface area (Å²) in [5, 5.41) is 23.5. The molecule has 0 saturated carbocycles. The number of aryl methyl sites for hydroxylation is 1. The molecule has 0 fully saturated rings. The molecule has 2 aromatic rings. The first-order valence-electron chi connectivity index (χ1n) is 4.36. The molecule has 1 aromatic carbocycles. The summed E-state index contributed by atoms with van der Waals surface area (Å²) >= 11 is 2.12. The molecule has 0 saturated heterocycles. The highest BCUT2D eigenvalue weighted by molar-refractivity contribution is 14.2. The number of carboxylic acids is 1. The molecule has 0 radical (unpaired) electrons. The average molecular weight is 350 g/mol. The van der Waals surface area contributed by atoms with Crippen molar-refractivity contribution in [1.82, 2.24) is 9.55 Å². The molecule has 0 bridgehead atoms. The van der Waals surface area contributed by atoms with Crippen LogP contribution in [0.4, 0.5) is 0 Å². The molecule has 16 heavy (non-hydrogen) atoms. The van der Waals surface area contributed by atoms with E-state index in [9.17, 15) is 9.90 Å². The van der Waals surface area contributed by atoms with Gasteiger partial charge in [-0.15, -0.1) is 0 Å². The number of nitrogens with zero attached hydrogens (tertiary/aromatic N) is 2. The molecule has 0 aliphatic rings. The summed E-state index contributed by atoms with van der Waals surface area (Å²) in [7, 11) is 0. The summed E-state index contributed by atoms with van der Waals surface area (Å²) in [6.07, 6.45) is 1.80. The van der Waals surface area contributed by atoms with Crippen molar-refractivity contribution in [2.75, 3.05) is 0 Å². The Kier molecular flexibility index (Phi) is 3.03. The lowest BCUT2D eigenvalue weighted by molar-refractivity contribution is 0.0698. The van der Waals surface area contributed by atoms with Crippen LogP contribution in [0.3, 0.4) is 0 Å². The SMILES string of the molecule is Cc1cc(O)c2c(cnn2PI)c1C(=O)O. The summed E-state index contributed by atoms with van der Waals surface area (Å²) in [6.45, 7) is 1.66. The number of benzene rings is 1. The Labute approximate surface area is 106 Å². The lowest BCUT2D eigenvalue weighted by Crippen LogP contribution is -2.00. The molecule has 1 aromatic heterocycles. The first-order valence-corrected chi connectivity index (χ1v) is 8.42. The molecule has 2 rings (SSSR count). The molecule has 1 atom stereocenters. The number of aromatic hydroxyl groups is 1. The third kappa shape index (κ3) is 1.66. The first kappa shape index (κ1) is 11.6. The van der Waals surface area contributed by atoms with Crippen LogP contribution >= 0.6 is 28.4 Å². The number of hydrogen-bond donors (Lipinski definition) is 2. The molecular weight excluding hydrogens is 342 g/mol. The first-order chi connectivity index (χ1) is 7.56. The van der Waals surface area contributed by atoms with E-state index in [-0.39, 0.29) is 11.3 Å². The second-order valence-electron chi connectivity index (χ2n) is 3.30. The zero-order valence-corrected chi connectivity index (χ0v) is 11.4. The fourth-order valence-corrected chi connectivity index (χ4v) is 3.20. The summed E-state index contributed by atoms with van der Waals surface area (Å²) in [4.78, 5) is 11.1. The molecule has 7 heteroatoms. The minimum absolute atomic E-state index is 0.0687. The Bertz CT molecular complexity index is 582. The van der Waals surface area contributed by atoms with Crippen LogP contribution < -0.4 is 0 Å². The van der Waals surface area contributed by atoms with Crippen LogP contribution in [0.1, 0.15) is 15.9 Å². The Morgan fingerprint density at radius 1 is 1.62 bits per heavy atom. The second-order valence-corrected chi connectivity index (χ2v) is 5.34. The van der Waals surface area contributed by atoms with Crippen LogP contribution in [0.2, 0.25) is 0 Å². The van der Waals surface area contributed by atoms with E-state index in [0.717, 1.165) is 0 Å². The van der Waals surface area contributed by atoms with Gasteiger partial charge in [0.05, 0.1) is 18.1 Å². The topological polar surface area (TPSA) is 75.4 Å². The van der Waals surface area contributed by atoms with Gasteiger partial charge in [0.1, 0.15) is 11.3 Å². The van der Waals surface area contributed by atoms with Gasteiger partial charge in [0, 0.05) is 5.39 Å². The van der Waals surface area contributed by atoms with Crippen molar-refractivity contribution in [1.29, 1.82) is 0 Å². The van der Waals surface area contributed by atoms with Gasteiger partial charge in [-0.3, -0.25) is 0 Å². The Hall–Kier alpha value is -0.880. The van der Waals surface area contributed by atoms with E-state index in [1.807, 2.05) is 0 Å². The van der Waals surface area contributed by atoms with E-state index in [4.69, 9.17) is 5.11 Å². The predicted molar refractivity (Wildman–Crippen MR) is 70.8 cm³/mol. The smallest absolute Gasteiger partial charge is 0.336 e. The quantitative estimate of drug-likeness (QED) is 0.645. The second kappa shape index (κ2) is 4.18. The number of aromatic carboxylic acids is 1. The standard InChI is InChI=1S/C9H8IN2O3P/c1-4-2-6(13)8-5(7(4)9(14)15)3-11-12(8)16-10/h2-3,13,16H,1H3,(H,14,15). The summed E-state index contributed by atoms with van der Waals surface area (Å²) in [6, 6.07) is 1.46. The monoisotopic (exact) mass is 350 g/mol. The Morgan fingerprint density at radius 2 is 2.31 bits per heavy atom. The maximum absolute atomic E-state index is 11.1. The van der Waals surface area contributed by atoms with Gasteiger partial charge in [0.25, 0.3) is 0 Å². The van der Waals surface area contributed by atoms with Crippen molar-refractivity contribution in [3.8, 4) is 5.75 Å². The minimum Gasteiger partial charge on any atom is -0.506 e. The molecule has 2 N–H and O–H groups in total. The number of carboxylic acid groups (broad SMARTS) is 1. The number of aromatic nitrogens is 2. The van der Waals surface area contributed by atoms with Gasteiger partial charge in [-0.1, -0.05) is 0 Å². The van der Waals surface area contributed by atoms with Crippen molar-refractivity contribution in [3.05, 3.63) is 23.4 Å². The van der Waals surface area contributed by atoms with E-state index in [1.54, 1.807) is 11.4 Å². The molecule has 1 heterocycles. The average Bonchev–Trinajstić information content (AvgIpc) is 2.60. The van der Waals surface area contributed by atoms with Gasteiger partial charge in [0.2, 0.25) is 0 Å². The van der Waals surface area contributed by atoms with Gasteiger partial charge < -0.3 is 10.2 Å². The minimum atomic E-state index is -1.00. The van der Waals surface area contributed by atoms with Crippen LogP contribution in [-0.4, -0.2) is 25.7 Å². The van der Waals surface area contributed by atoms with Crippen molar-refractivity contribution in [2.45, 2.75) is 6.92 Å². The van der Waals surface area contributed by atoms with E-state index in [1.165, 1.54) is 12.3 Å². The molecule has 0 spiro atoms. The van der Waals surface area contributed by atoms with E-state index >= 15 is 0 Å². The maximum Gasteiger partial charge on any atom is 0.336 e. The number of phenolic OH excluding ortho intramolecular Hbond substituents is 1. The molecule has 0 amide bonds. The van der Waals surface area contributed by atoms with E-state index in [2.05, 4.69) is 27.1 Å². The number of hydrogen-bond acceptors (Lipinski definition) is 3. The van der Waals surface area contributed by atoms with Crippen LogP contribution in [-0.2, 0) is 0 Å². The third-order valence-corrected chi connectivity index (χ3v) is 4.19. The fourth-order valence-electron chi connectivity index (χ4n) is 1.68. The van der Waals surface area contributed by atoms with Gasteiger partial charge in [-0.05, 0) is 40.6 Å². The highest BCUT2D eigenvalue weighted by Crippen LogP contribution is 2.36. The van der Waals surface area contributed by atoms with Crippen LogP contribution in [0, 0.1) is 6.92 Å². The maximum atomic E-state index is 11.1. The molecule has 0 aliphatic carbocycles. The van der Waals surface area contributed by atoms with Crippen molar-refractivity contribution < 1.29 is 15.0 Å². The molecule has 84 valence electrons. The van der Waals surface area contributed by atoms with Gasteiger partial charge in [0.15, 0.2) is 0 Å². The third-order valence-electron chi connectivity index (χ3n) is 2.32. The van der Waals surface area contributed by atoms with Gasteiger partial charge in [-0.25, -0.2) is 9.25 Å².